The van der Waals surface area contributed by atoms with Crippen molar-refractivity contribution in [1.29, 1.82) is 0 Å². The number of nitrogens with zero attached hydrogens (tertiary/aromatic N) is 1. The van der Waals surface area contributed by atoms with Crippen LogP contribution in [0.2, 0.25) is 0 Å². The van der Waals surface area contributed by atoms with Crippen LogP contribution in [0.15, 0.2) is 30.3 Å². The molecule has 1 saturated heterocycles. The molecule has 0 spiro atoms. The third-order valence-electron chi connectivity index (χ3n) is 3.72. The van der Waals surface area contributed by atoms with E-state index in [2.05, 4.69) is 47.5 Å². The molecule has 0 bridgehead atoms. The van der Waals surface area contributed by atoms with Crippen molar-refractivity contribution in [3.63, 3.8) is 0 Å². The Labute approximate surface area is 116 Å². The van der Waals surface area contributed by atoms with Crippen molar-refractivity contribution in [3.8, 4) is 0 Å². The minimum Gasteiger partial charge on any atom is -0.380 e. The second-order valence-electron chi connectivity index (χ2n) is 5.25. The Morgan fingerprint density at radius 2 is 2.05 bits per heavy atom. The van der Waals surface area contributed by atoms with Crippen molar-refractivity contribution in [2.45, 2.75) is 25.8 Å². The average molecular weight is 262 g/mol. The number of hydrogen-bond acceptors (Lipinski definition) is 3. The highest BCUT2D eigenvalue weighted by Crippen LogP contribution is 2.10. The number of ether oxygens (including phenoxy) is 1. The lowest BCUT2D eigenvalue weighted by atomic mass is 10.1. The molecule has 1 aliphatic heterocycles. The van der Waals surface area contributed by atoms with E-state index in [9.17, 15) is 0 Å². The molecule has 1 aromatic carbocycles. The normalized spacial score (nSPS) is 19.0. The molecule has 1 N–H and O–H groups in total. The predicted octanol–water partition coefficient (Wildman–Crippen LogP) is 2.45. The van der Waals surface area contributed by atoms with E-state index >= 15 is 0 Å². The van der Waals surface area contributed by atoms with E-state index in [4.69, 9.17) is 4.74 Å². The quantitative estimate of drug-likeness (QED) is 0.797. The lowest BCUT2D eigenvalue weighted by Crippen LogP contribution is -2.30. The highest BCUT2D eigenvalue weighted by Gasteiger charge is 2.08. The van der Waals surface area contributed by atoms with Crippen LogP contribution in [-0.2, 0) is 4.74 Å². The molecule has 3 heteroatoms. The molecular weight excluding hydrogens is 236 g/mol. The number of nitrogens with one attached hydrogen (secondary N) is 1. The molecule has 1 heterocycles. The molecule has 0 saturated carbocycles. The van der Waals surface area contributed by atoms with Crippen LogP contribution in [-0.4, -0.2) is 44.3 Å². The van der Waals surface area contributed by atoms with Crippen molar-refractivity contribution >= 4 is 0 Å². The fourth-order valence-electron chi connectivity index (χ4n) is 2.50. The van der Waals surface area contributed by atoms with Crippen molar-refractivity contribution in [2.24, 2.45) is 0 Å². The van der Waals surface area contributed by atoms with Crippen molar-refractivity contribution in [2.75, 3.05) is 39.4 Å². The van der Waals surface area contributed by atoms with Gasteiger partial charge in [-0.15, -0.1) is 0 Å². The highest BCUT2D eigenvalue weighted by atomic mass is 16.5. The molecule has 1 atom stereocenters. The van der Waals surface area contributed by atoms with Crippen LogP contribution in [0, 0.1) is 0 Å². The van der Waals surface area contributed by atoms with Crippen LogP contribution in [0.25, 0.3) is 0 Å². The number of hydrogen-bond donors (Lipinski definition) is 1. The van der Waals surface area contributed by atoms with E-state index < -0.39 is 0 Å². The maximum Gasteiger partial charge on any atom is 0.0593 e. The molecule has 0 radical (unpaired) electrons. The predicted molar refractivity (Wildman–Crippen MR) is 79.4 cm³/mol. The lowest BCUT2D eigenvalue weighted by Gasteiger charge is -2.20. The zero-order valence-corrected chi connectivity index (χ0v) is 12.0. The minimum absolute atomic E-state index is 0.439. The third-order valence-corrected chi connectivity index (χ3v) is 3.72. The van der Waals surface area contributed by atoms with Gasteiger partial charge < -0.3 is 15.0 Å². The van der Waals surface area contributed by atoms with Gasteiger partial charge in [-0.05, 0) is 38.4 Å². The van der Waals surface area contributed by atoms with Gasteiger partial charge in [-0.3, -0.25) is 0 Å². The zero-order valence-electron chi connectivity index (χ0n) is 12.0. The first-order valence-electron chi connectivity index (χ1n) is 7.44. The fourth-order valence-corrected chi connectivity index (χ4v) is 2.50. The third kappa shape index (κ3) is 5.31. The Morgan fingerprint density at radius 1 is 1.21 bits per heavy atom. The monoisotopic (exact) mass is 262 g/mol. The molecule has 3 nitrogen and oxygen atoms in total. The summed E-state index contributed by atoms with van der Waals surface area (Å²) in [5.74, 6) is 0. The average Bonchev–Trinajstić information content (AvgIpc) is 2.73. The van der Waals surface area contributed by atoms with Crippen LogP contribution < -0.4 is 5.32 Å². The summed E-state index contributed by atoms with van der Waals surface area (Å²) in [5.41, 5.74) is 1.37. The van der Waals surface area contributed by atoms with Crippen LogP contribution in [0.5, 0.6) is 0 Å². The van der Waals surface area contributed by atoms with Gasteiger partial charge in [0.05, 0.1) is 6.61 Å². The summed E-state index contributed by atoms with van der Waals surface area (Å²) in [4.78, 5) is 2.52. The zero-order chi connectivity index (χ0) is 13.3. The first-order valence-corrected chi connectivity index (χ1v) is 7.44. The van der Waals surface area contributed by atoms with Gasteiger partial charge in [0.15, 0.2) is 0 Å². The molecular formula is C16H26N2O. The molecule has 1 aromatic rings. The van der Waals surface area contributed by atoms with Gasteiger partial charge in [0.2, 0.25) is 0 Å². The second-order valence-corrected chi connectivity index (χ2v) is 5.25. The van der Waals surface area contributed by atoms with Crippen LogP contribution in [0.1, 0.15) is 31.4 Å². The Kier molecular flexibility index (Phi) is 6.34. The Hall–Kier alpha value is -0.900. The summed E-state index contributed by atoms with van der Waals surface area (Å²) >= 11 is 0. The van der Waals surface area contributed by atoms with Gasteiger partial charge in [0.1, 0.15) is 0 Å². The first-order chi connectivity index (χ1) is 9.36. The smallest absolute Gasteiger partial charge is 0.0593 e. The van der Waals surface area contributed by atoms with Crippen molar-refractivity contribution < 1.29 is 4.74 Å². The van der Waals surface area contributed by atoms with Crippen molar-refractivity contribution in [3.05, 3.63) is 35.9 Å². The van der Waals surface area contributed by atoms with Gasteiger partial charge in [-0.1, -0.05) is 30.3 Å². The van der Waals surface area contributed by atoms with Crippen LogP contribution >= 0.6 is 0 Å². The molecule has 2 rings (SSSR count). The van der Waals surface area contributed by atoms with Gasteiger partial charge in [0.25, 0.3) is 0 Å². The molecule has 0 aliphatic carbocycles. The van der Waals surface area contributed by atoms with Crippen LogP contribution in [0.3, 0.4) is 0 Å². The molecule has 19 heavy (non-hydrogen) atoms. The largest absolute Gasteiger partial charge is 0.380 e. The highest BCUT2D eigenvalue weighted by molar-refractivity contribution is 5.17. The topological polar surface area (TPSA) is 24.5 Å². The van der Waals surface area contributed by atoms with Gasteiger partial charge in [-0.2, -0.15) is 0 Å². The summed E-state index contributed by atoms with van der Waals surface area (Å²) < 4.78 is 5.47. The molecule has 1 unspecified atom stereocenters. The Balaban J connectivity index is 1.61. The summed E-state index contributed by atoms with van der Waals surface area (Å²) in [7, 11) is 0. The minimum atomic E-state index is 0.439. The summed E-state index contributed by atoms with van der Waals surface area (Å²) in [6.45, 7) is 8.59. The summed E-state index contributed by atoms with van der Waals surface area (Å²) in [6.07, 6.45) is 2.38. The fraction of sp³-hybridized carbons (Fsp3) is 0.625. The van der Waals surface area contributed by atoms with E-state index in [0.717, 1.165) is 26.3 Å². The van der Waals surface area contributed by atoms with E-state index in [1.807, 2.05) is 0 Å². The first kappa shape index (κ1) is 14.5. The van der Waals surface area contributed by atoms with E-state index in [0.29, 0.717) is 6.04 Å². The SMILES string of the molecule is CC(NCCCN1CCCOCC1)c1ccccc1. The Bertz CT molecular complexity index is 334. The molecule has 1 aliphatic rings. The standard InChI is InChI=1S/C16H26N2O/c1-15(16-7-3-2-4-8-16)17-9-5-10-18-11-6-13-19-14-12-18/h2-4,7-8,15,17H,5-6,9-14H2,1H3. The molecule has 0 aromatic heterocycles. The number of benzene rings is 1. The second kappa shape index (κ2) is 8.31. The van der Waals surface area contributed by atoms with Gasteiger partial charge >= 0.3 is 0 Å². The summed E-state index contributed by atoms with van der Waals surface area (Å²) in [6, 6.07) is 11.1. The summed E-state index contributed by atoms with van der Waals surface area (Å²) in [5, 5.41) is 3.60. The van der Waals surface area contributed by atoms with Crippen LogP contribution in [0.4, 0.5) is 0 Å². The van der Waals surface area contributed by atoms with Gasteiger partial charge in [0, 0.05) is 25.7 Å². The van der Waals surface area contributed by atoms with E-state index in [1.165, 1.54) is 31.5 Å². The lowest BCUT2D eigenvalue weighted by molar-refractivity contribution is 0.141. The van der Waals surface area contributed by atoms with Crippen molar-refractivity contribution in [1.82, 2.24) is 10.2 Å². The number of rotatable bonds is 6. The Morgan fingerprint density at radius 3 is 2.89 bits per heavy atom. The molecule has 0 amide bonds. The van der Waals surface area contributed by atoms with E-state index in [1.54, 1.807) is 0 Å². The maximum atomic E-state index is 5.47. The van der Waals surface area contributed by atoms with Gasteiger partial charge in [-0.25, -0.2) is 0 Å². The maximum absolute atomic E-state index is 5.47. The van der Waals surface area contributed by atoms with E-state index in [-0.39, 0.29) is 0 Å². The molecule has 106 valence electrons. The molecule has 1 fully saturated rings.